The van der Waals surface area contributed by atoms with Crippen molar-refractivity contribution in [3.63, 3.8) is 0 Å². The average Bonchev–Trinajstić information content (AvgIpc) is 1.94. The van der Waals surface area contributed by atoms with E-state index in [0.717, 1.165) is 5.69 Å². The molecule has 0 unspecified atom stereocenters. The molecule has 1 aromatic heterocycles. The summed E-state index contributed by atoms with van der Waals surface area (Å²) in [5.41, 5.74) is 0.732. The topological polar surface area (TPSA) is 63.1 Å². The van der Waals surface area contributed by atoms with Crippen molar-refractivity contribution in [1.82, 2.24) is 9.97 Å². The van der Waals surface area contributed by atoms with Gasteiger partial charge >= 0.3 is 5.97 Å². The average molecular weight is 264 g/mol. The van der Waals surface area contributed by atoms with Crippen molar-refractivity contribution in [2.45, 2.75) is 6.92 Å². The molecule has 4 nitrogen and oxygen atoms in total. The van der Waals surface area contributed by atoms with Crippen LogP contribution in [-0.4, -0.2) is 21.0 Å². The number of carboxylic acid groups (broad SMARTS) is 1. The van der Waals surface area contributed by atoms with Crippen LogP contribution in [0.15, 0.2) is 6.20 Å². The van der Waals surface area contributed by atoms with Gasteiger partial charge in [-0.2, -0.15) is 0 Å². The van der Waals surface area contributed by atoms with Crippen molar-refractivity contribution in [3.8, 4) is 0 Å². The van der Waals surface area contributed by atoms with Crippen molar-refractivity contribution >= 4 is 28.6 Å². The van der Waals surface area contributed by atoms with Crippen LogP contribution >= 0.6 is 22.6 Å². The van der Waals surface area contributed by atoms with E-state index in [0.29, 0.717) is 3.70 Å². The zero-order valence-electron chi connectivity index (χ0n) is 5.71. The highest BCUT2D eigenvalue weighted by atomic mass is 127. The molecule has 5 heteroatoms. The fourth-order valence-corrected chi connectivity index (χ4v) is 0.929. The van der Waals surface area contributed by atoms with Gasteiger partial charge in [0.25, 0.3) is 0 Å². The molecule has 0 saturated carbocycles. The Morgan fingerprint density at radius 3 is 2.82 bits per heavy atom. The van der Waals surface area contributed by atoms with Gasteiger partial charge in [0.05, 0.1) is 11.9 Å². The molecule has 0 fully saturated rings. The maximum Gasteiger partial charge on any atom is 0.356 e. The summed E-state index contributed by atoms with van der Waals surface area (Å²) < 4.78 is 0.627. The Morgan fingerprint density at radius 2 is 2.36 bits per heavy atom. The SMILES string of the molecule is Cc1ncc(C(=O)O)nc1I. The maximum absolute atomic E-state index is 10.4. The van der Waals surface area contributed by atoms with E-state index in [1.54, 1.807) is 6.92 Å². The lowest BCUT2D eigenvalue weighted by molar-refractivity contribution is 0.0689. The van der Waals surface area contributed by atoms with Crippen molar-refractivity contribution in [1.29, 1.82) is 0 Å². The van der Waals surface area contributed by atoms with Crippen LogP contribution in [0.2, 0.25) is 0 Å². The Hall–Kier alpha value is -0.720. The molecule has 11 heavy (non-hydrogen) atoms. The van der Waals surface area contributed by atoms with Crippen LogP contribution in [0.5, 0.6) is 0 Å². The summed E-state index contributed by atoms with van der Waals surface area (Å²) in [7, 11) is 0. The van der Waals surface area contributed by atoms with Crippen molar-refractivity contribution in [2.24, 2.45) is 0 Å². The number of nitrogens with zero attached hydrogens (tertiary/aromatic N) is 2. The van der Waals surface area contributed by atoms with Gasteiger partial charge in [0.1, 0.15) is 3.70 Å². The molecule has 0 bridgehead atoms. The summed E-state index contributed by atoms with van der Waals surface area (Å²) in [6, 6.07) is 0. The quantitative estimate of drug-likeness (QED) is 0.771. The normalized spacial score (nSPS) is 9.64. The molecule has 0 spiro atoms. The summed E-state index contributed by atoms with van der Waals surface area (Å²) in [6.45, 7) is 1.78. The monoisotopic (exact) mass is 264 g/mol. The number of aromatic nitrogens is 2. The van der Waals surface area contributed by atoms with E-state index in [4.69, 9.17) is 5.11 Å². The van der Waals surface area contributed by atoms with Gasteiger partial charge in [0.2, 0.25) is 0 Å². The minimum Gasteiger partial charge on any atom is -0.476 e. The van der Waals surface area contributed by atoms with Gasteiger partial charge in [-0.1, -0.05) is 0 Å². The highest BCUT2D eigenvalue weighted by molar-refractivity contribution is 14.1. The van der Waals surface area contributed by atoms with Gasteiger partial charge in [-0.3, -0.25) is 4.98 Å². The van der Waals surface area contributed by atoms with Crippen molar-refractivity contribution in [3.05, 3.63) is 21.3 Å². The van der Waals surface area contributed by atoms with E-state index in [1.165, 1.54) is 6.20 Å². The molecule has 0 saturated heterocycles. The van der Waals surface area contributed by atoms with Crippen LogP contribution < -0.4 is 0 Å². The van der Waals surface area contributed by atoms with E-state index >= 15 is 0 Å². The first-order chi connectivity index (χ1) is 5.11. The Balaban J connectivity index is 3.15. The van der Waals surface area contributed by atoms with Crippen molar-refractivity contribution < 1.29 is 9.90 Å². The van der Waals surface area contributed by atoms with Crippen molar-refractivity contribution in [2.75, 3.05) is 0 Å². The van der Waals surface area contributed by atoms with E-state index < -0.39 is 5.97 Å². The summed E-state index contributed by atoms with van der Waals surface area (Å²) in [5.74, 6) is -1.05. The number of hydrogen-bond donors (Lipinski definition) is 1. The van der Waals surface area contributed by atoms with Crippen LogP contribution in [0.25, 0.3) is 0 Å². The van der Waals surface area contributed by atoms with E-state index in [2.05, 4.69) is 9.97 Å². The predicted molar refractivity (Wildman–Crippen MR) is 46.4 cm³/mol. The lowest BCUT2D eigenvalue weighted by Crippen LogP contribution is -2.03. The highest BCUT2D eigenvalue weighted by Crippen LogP contribution is 2.05. The largest absolute Gasteiger partial charge is 0.476 e. The van der Waals surface area contributed by atoms with Gasteiger partial charge in [0, 0.05) is 0 Å². The lowest BCUT2D eigenvalue weighted by atomic mass is 10.4. The predicted octanol–water partition coefficient (Wildman–Crippen LogP) is 1.09. The number of rotatable bonds is 1. The second-order valence-electron chi connectivity index (χ2n) is 1.94. The van der Waals surface area contributed by atoms with Gasteiger partial charge in [0.15, 0.2) is 5.69 Å². The maximum atomic E-state index is 10.4. The van der Waals surface area contributed by atoms with E-state index in [-0.39, 0.29) is 5.69 Å². The fraction of sp³-hybridized carbons (Fsp3) is 0.167. The van der Waals surface area contributed by atoms with Gasteiger partial charge < -0.3 is 5.11 Å². The van der Waals surface area contributed by atoms with Gasteiger partial charge in [-0.15, -0.1) is 0 Å². The van der Waals surface area contributed by atoms with Crippen LogP contribution in [0.3, 0.4) is 0 Å². The Kier molecular flexibility index (Phi) is 2.38. The third-order valence-corrected chi connectivity index (χ3v) is 2.14. The molecular weight excluding hydrogens is 259 g/mol. The molecule has 0 radical (unpaired) electrons. The molecule has 0 aliphatic carbocycles. The Labute approximate surface area is 76.8 Å². The first-order valence-corrected chi connectivity index (χ1v) is 3.91. The van der Waals surface area contributed by atoms with Gasteiger partial charge in [-0.05, 0) is 29.5 Å². The molecule has 1 N–H and O–H groups in total. The zero-order valence-corrected chi connectivity index (χ0v) is 7.86. The van der Waals surface area contributed by atoms with Crippen LogP contribution in [0, 0.1) is 10.6 Å². The van der Waals surface area contributed by atoms with E-state index in [9.17, 15) is 4.79 Å². The van der Waals surface area contributed by atoms with Crippen LogP contribution in [0.4, 0.5) is 0 Å². The minimum absolute atomic E-state index is 0.0139. The smallest absolute Gasteiger partial charge is 0.356 e. The van der Waals surface area contributed by atoms with E-state index in [1.807, 2.05) is 22.6 Å². The molecule has 0 aliphatic rings. The number of halogens is 1. The Morgan fingerprint density at radius 1 is 1.73 bits per heavy atom. The number of carboxylic acids is 1. The Bertz CT molecular complexity index is 301. The van der Waals surface area contributed by atoms with Crippen LogP contribution in [0.1, 0.15) is 16.2 Å². The van der Waals surface area contributed by atoms with Crippen LogP contribution in [-0.2, 0) is 0 Å². The third-order valence-electron chi connectivity index (χ3n) is 1.12. The highest BCUT2D eigenvalue weighted by Gasteiger charge is 2.06. The molecule has 0 atom stereocenters. The lowest BCUT2D eigenvalue weighted by Gasteiger charge is -1.96. The summed E-state index contributed by atoms with van der Waals surface area (Å²) in [4.78, 5) is 18.0. The summed E-state index contributed by atoms with van der Waals surface area (Å²) >= 11 is 1.95. The number of hydrogen-bond acceptors (Lipinski definition) is 3. The third kappa shape index (κ3) is 1.86. The standard InChI is InChI=1S/C6H5IN2O2/c1-3-5(7)9-4(2-8-3)6(10)11/h2H,1H3,(H,10,11). The number of carbonyl (C=O) groups is 1. The summed E-state index contributed by atoms with van der Waals surface area (Å²) in [6.07, 6.45) is 1.25. The molecular formula is C6H5IN2O2. The zero-order chi connectivity index (χ0) is 8.43. The number of aromatic carboxylic acids is 1. The second-order valence-corrected chi connectivity index (χ2v) is 2.96. The molecule has 0 aromatic carbocycles. The molecule has 0 aliphatic heterocycles. The number of aryl methyl sites for hydroxylation is 1. The molecule has 1 heterocycles. The fourth-order valence-electron chi connectivity index (χ4n) is 0.530. The van der Waals surface area contributed by atoms with Gasteiger partial charge in [-0.25, -0.2) is 9.78 Å². The molecule has 0 amide bonds. The molecule has 58 valence electrons. The minimum atomic E-state index is -1.05. The molecule has 1 rings (SSSR count). The first-order valence-electron chi connectivity index (χ1n) is 2.83. The summed E-state index contributed by atoms with van der Waals surface area (Å²) in [5, 5.41) is 8.49. The second kappa shape index (κ2) is 3.12. The molecule has 1 aromatic rings. The first kappa shape index (κ1) is 8.38.